The largest absolute Gasteiger partial charge is 0.487 e. The van der Waals surface area contributed by atoms with E-state index in [1.165, 1.54) is 96.3 Å². The van der Waals surface area contributed by atoms with Crippen molar-refractivity contribution in [2.75, 3.05) is 19.6 Å². The zero-order valence-corrected chi connectivity index (χ0v) is 52.8. The first-order chi connectivity index (χ1) is 36.9. The van der Waals surface area contributed by atoms with E-state index >= 15 is 0 Å². The second-order valence-corrected chi connectivity index (χ2v) is 27.2. The van der Waals surface area contributed by atoms with Gasteiger partial charge in [0.25, 0.3) is 6.10 Å². The first-order valence-corrected chi connectivity index (χ1v) is 31.9. The standard InChI is InChI=1S/C69H113NO8/c1-46(2)26-20-28-48(5)30-22-32-50(7)34-24-39-68(15)41-36-58-56(13)61(52(9)54(11)63(58)77-68)75-66(72)65(74-60(71)38-45-70-43-18-17-19-44-70)67(73)76-62-53(10)55(12)64-59(57(62)14)37-42-69(16,78-64)40-25-35-51(8)33-23-31-49(6)29-21-27-47(3)4/h46-51,65H,17-45H2,1-16H3/t48-,49-,50-,51-,68-,69-/m1/s1. The number of carbonyl (C=O) groups is 3. The molecule has 1 fully saturated rings. The Labute approximate surface area is 476 Å². The van der Waals surface area contributed by atoms with E-state index in [4.69, 9.17) is 23.7 Å². The molecule has 2 aromatic carbocycles. The van der Waals surface area contributed by atoms with Crippen molar-refractivity contribution in [1.82, 2.24) is 4.90 Å². The Morgan fingerprint density at radius 1 is 0.487 bits per heavy atom. The molecule has 9 heteroatoms. The summed E-state index contributed by atoms with van der Waals surface area (Å²) in [5.41, 5.74) is 6.36. The minimum atomic E-state index is -1.93. The number of ether oxygens (including phenoxy) is 5. The highest BCUT2D eigenvalue weighted by atomic mass is 16.6. The molecule has 0 spiro atoms. The molecule has 3 heterocycles. The minimum absolute atomic E-state index is 0.0447. The summed E-state index contributed by atoms with van der Waals surface area (Å²) < 4.78 is 32.2. The van der Waals surface area contributed by atoms with Crippen LogP contribution in [0.15, 0.2) is 0 Å². The third kappa shape index (κ3) is 19.6. The van der Waals surface area contributed by atoms with Crippen LogP contribution in [-0.2, 0) is 32.0 Å². The Kier molecular flexibility index (Phi) is 25.9. The molecule has 3 aliphatic heterocycles. The van der Waals surface area contributed by atoms with Gasteiger partial charge in [0.2, 0.25) is 0 Å². The Morgan fingerprint density at radius 2 is 0.846 bits per heavy atom. The highest BCUT2D eigenvalue weighted by Gasteiger charge is 2.40. The maximum absolute atomic E-state index is 14.5. The molecule has 442 valence electrons. The highest BCUT2D eigenvalue weighted by molar-refractivity contribution is 6.01. The number of hydrogen-bond donors (Lipinski definition) is 0. The lowest BCUT2D eigenvalue weighted by molar-refractivity contribution is -0.172. The summed E-state index contributed by atoms with van der Waals surface area (Å²) in [6.07, 6.45) is 27.2. The van der Waals surface area contributed by atoms with E-state index in [1.807, 2.05) is 41.5 Å². The van der Waals surface area contributed by atoms with Gasteiger partial charge in [0.1, 0.15) is 34.2 Å². The predicted octanol–water partition coefficient (Wildman–Crippen LogP) is 17.9. The number of nitrogens with zero attached hydrogens (tertiary/aromatic N) is 1. The third-order valence-electron chi connectivity index (χ3n) is 18.8. The summed E-state index contributed by atoms with van der Waals surface area (Å²) in [7, 11) is 0. The molecule has 5 rings (SSSR count). The van der Waals surface area contributed by atoms with Gasteiger partial charge in [-0.25, -0.2) is 9.59 Å². The molecule has 0 N–H and O–H groups in total. The number of fused-ring (bicyclic) bond motifs is 2. The topological polar surface area (TPSA) is 101 Å². The van der Waals surface area contributed by atoms with E-state index in [0.717, 1.165) is 157 Å². The summed E-state index contributed by atoms with van der Waals surface area (Å²) in [4.78, 5) is 45.0. The van der Waals surface area contributed by atoms with Crippen LogP contribution in [0.3, 0.4) is 0 Å². The molecule has 0 bridgehead atoms. The zero-order valence-electron chi connectivity index (χ0n) is 52.8. The number of likely N-dealkylation sites (tertiary alicyclic amines) is 1. The van der Waals surface area contributed by atoms with Crippen LogP contribution in [0.25, 0.3) is 0 Å². The van der Waals surface area contributed by atoms with Gasteiger partial charge in [0.05, 0.1) is 6.42 Å². The number of piperidine rings is 1. The summed E-state index contributed by atoms with van der Waals surface area (Å²) in [6.45, 7) is 37.6. The van der Waals surface area contributed by atoms with Crippen molar-refractivity contribution in [1.29, 1.82) is 0 Å². The zero-order chi connectivity index (χ0) is 57.3. The van der Waals surface area contributed by atoms with Crippen LogP contribution in [0.4, 0.5) is 0 Å². The molecule has 78 heavy (non-hydrogen) atoms. The lowest BCUT2D eigenvalue weighted by Crippen LogP contribution is -2.42. The fourth-order valence-corrected chi connectivity index (χ4v) is 12.9. The van der Waals surface area contributed by atoms with E-state index in [1.54, 1.807) is 0 Å². The quantitative estimate of drug-likeness (QED) is 0.0403. The number of esters is 3. The Balaban J connectivity index is 1.24. The van der Waals surface area contributed by atoms with Gasteiger partial charge in [-0.3, -0.25) is 4.79 Å². The van der Waals surface area contributed by atoms with Crippen molar-refractivity contribution in [3.63, 3.8) is 0 Å². The molecular formula is C69H113NO8. The maximum Gasteiger partial charge on any atom is 0.364 e. The molecule has 0 aromatic heterocycles. The first-order valence-electron chi connectivity index (χ1n) is 31.9. The van der Waals surface area contributed by atoms with Gasteiger partial charge in [-0.15, -0.1) is 0 Å². The molecule has 0 aliphatic carbocycles. The summed E-state index contributed by atoms with van der Waals surface area (Å²) in [5, 5.41) is 0. The smallest absolute Gasteiger partial charge is 0.364 e. The summed E-state index contributed by atoms with van der Waals surface area (Å²) in [6, 6.07) is 0. The van der Waals surface area contributed by atoms with Crippen LogP contribution in [0.5, 0.6) is 23.0 Å². The van der Waals surface area contributed by atoms with E-state index in [2.05, 4.69) is 74.1 Å². The van der Waals surface area contributed by atoms with E-state index in [9.17, 15) is 14.4 Å². The summed E-state index contributed by atoms with van der Waals surface area (Å²) in [5.74, 6) is 4.48. The number of rotatable bonds is 32. The molecule has 0 radical (unpaired) electrons. The van der Waals surface area contributed by atoms with Crippen LogP contribution >= 0.6 is 0 Å². The lowest BCUT2D eigenvalue weighted by Gasteiger charge is -2.38. The van der Waals surface area contributed by atoms with Crippen molar-refractivity contribution in [2.45, 2.75) is 295 Å². The van der Waals surface area contributed by atoms with Crippen molar-refractivity contribution in [3.8, 4) is 23.0 Å². The second kappa shape index (κ2) is 31.0. The average Bonchev–Trinajstić information content (AvgIpc) is 3.39. The molecule has 0 unspecified atom stereocenters. The van der Waals surface area contributed by atoms with Crippen LogP contribution < -0.4 is 18.9 Å². The van der Waals surface area contributed by atoms with Crippen LogP contribution in [0.2, 0.25) is 0 Å². The van der Waals surface area contributed by atoms with Crippen molar-refractivity contribution in [2.24, 2.45) is 35.5 Å². The van der Waals surface area contributed by atoms with Crippen LogP contribution in [0, 0.1) is 77.0 Å². The number of benzene rings is 2. The molecule has 9 nitrogen and oxygen atoms in total. The molecule has 0 saturated carbocycles. The van der Waals surface area contributed by atoms with Gasteiger partial charge in [-0.2, -0.15) is 0 Å². The lowest BCUT2D eigenvalue weighted by atomic mass is 9.83. The Bertz CT molecular complexity index is 2100. The van der Waals surface area contributed by atoms with Crippen LogP contribution in [0.1, 0.15) is 268 Å². The number of hydrogen-bond acceptors (Lipinski definition) is 9. The van der Waals surface area contributed by atoms with Gasteiger partial charge < -0.3 is 28.6 Å². The maximum atomic E-state index is 14.5. The Hall–Kier alpha value is -3.59. The summed E-state index contributed by atoms with van der Waals surface area (Å²) >= 11 is 0. The van der Waals surface area contributed by atoms with Gasteiger partial charge in [-0.1, -0.05) is 152 Å². The fraction of sp³-hybridized carbons (Fsp3) is 0.783. The molecular weight excluding hydrogens is 971 g/mol. The van der Waals surface area contributed by atoms with Crippen molar-refractivity contribution < 1.29 is 38.1 Å². The van der Waals surface area contributed by atoms with E-state index in [0.29, 0.717) is 29.9 Å². The Morgan fingerprint density at radius 3 is 1.22 bits per heavy atom. The van der Waals surface area contributed by atoms with Crippen molar-refractivity contribution in [3.05, 3.63) is 44.5 Å². The first kappa shape index (κ1) is 65.2. The van der Waals surface area contributed by atoms with Crippen molar-refractivity contribution >= 4 is 17.9 Å². The molecule has 3 aliphatic rings. The molecule has 6 atom stereocenters. The molecule has 0 amide bonds. The monoisotopic (exact) mass is 1080 g/mol. The SMILES string of the molecule is Cc1c(C)c2c(c(C)c1OC(=O)C(OC(=O)CCN1CCCCC1)C(=O)Oc1c(C)c(C)c3c(c1C)CC[C@@](C)(CCC[C@H](C)CCC[C@H](C)CCCC(C)C)O3)CC[C@@](C)(CCC[C@H](C)CCC[C@H](C)CCCC(C)C)O2. The number of carbonyl (C=O) groups excluding carboxylic acids is 3. The van der Waals surface area contributed by atoms with E-state index in [-0.39, 0.29) is 17.6 Å². The normalized spacial score (nSPS) is 20.1. The molecule has 2 aromatic rings. The average molecular weight is 1080 g/mol. The molecule has 1 saturated heterocycles. The second-order valence-electron chi connectivity index (χ2n) is 27.2. The highest BCUT2D eigenvalue weighted by Crippen LogP contribution is 2.47. The minimum Gasteiger partial charge on any atom is -0.487 e. The van der Waals surface area contributed by atoms with Gasteiger partial charge >= 0.3 is 17.9 Å². The fourth-order valence-electron chi connectivity index (χ4n) is 12.9. The van der Waals surface area contributed by atoms with E-state index < -0.39 is 24.0 Å². The van der Waals surface area contributed by atoms with Gasteiger partial charge in [-0.05, 0) is 202 Å². The van der Waals surface area contributed by atoms with Gasteiger partial charge in [0, 0.05) is 17.7 Å². The van der Waals surface area contributed by atoms with Gasteiger partial charge in [0.15, 0.2) is 0 Å². The predicted molar refractivity (Wildman–Crippen MR) is 322 cm³/mol. The van der Waals surface area contributed by atoms with Crippen LogP contribution in [-0.4, -0.2) is 59.7 Å². The third-order valence-corrected chi connectivity index (χ3v) is 18.8.